The van der Waals surface area contributed by atoms with Gasteiger partial charge in [-0.1, -0.05) is 0 Å². The first-order valence-electron chi connectivity index (χ1n) is 3.06. The summed E-state index contributed by atoms with van der Waals surface area (Å²) in [6, 6.07) is 0. The van der Waals surface area contributed by atoms with Gasteiger partial charge in [-0.2, -0.15) is 0 Å². The van der Waals surface area contributed by atoms with Crippen LogP contribution in [0.2, 0.25) is 0 Å². The molecule has 0 aromatic heterocycles. The molecular weight excluding hydrogens is 588 g/mol. The number of rotatable bonds is 0. The monoisotopic (exact) mass is 588 g/mol. The Hall–Kier alpha value is 0.838. The van der Waals surface area contributed by atoms with E-state index in [2.05, 4.69) is 0 Å². The zero-order valence-corrected chi connectivity index (χ0v) is 22.2. The van der Waals surface area contributed by atoms with Crippen LogP contribution in [0.25, 0.3) is 0 Å². The second-order valence-electron chi connectivity index (χ2n) is 1.25. The molecule has 15 nitrogen and oxygen atoms in total. The summed E-state index contributed by atoms with van der Waals surface area (Å²) < 4.78 is 42.6. The van der Waals surface area contributed by atoms with Crippen LogP contribution in [0.1, 0.15) is 0 Å². The fourth-order valence-corrected chi connectivity index (χ4v) is 0. The van der Waals surface area contributed by atoms with E-state index < -0.39 is 45.9 Å². The summed E-state index contributed by atoms with van der Waals surface area (Å²) in [5.41, 5.74) is 0. The van der Waals surface area contributed by atoms with Gasteiger partial charge in [-0.3, -0.25) is 0 Å². The van der Waals surface area contributed by atoms with E-state index in [1.807, 2.05) is 0 Å². The first-order chi connectivity index (χ1) is 8.66. The molecule has 0 saturated carbocycles. The summed E-state index contributed by atoms with van der Waals surface area (Å²) in [5.74, 6) is 0. The van der Waals surface area contributed by atoms with E-state index >= 15 is 0 Å². The first-order valence-corrected chi connectivity index (χ1v) is 9.19. The third-order valence-electron chi connectivity index (χ3n) is 0. The molecule has 23 heavy (non-hydrogen) atoms. The normalized spacial score (nSPS) is 5.22. The van der Waals surface area contributed by atoms with Crippen molar-refractivity contribution in [1.82, 2.24) is 0 Å². The summed E-state index contributed by atoms with van der Waals surface area (Å²) in [7, 11) is -18.1. The van der Waals surface area contributed by atoms with Gasteiger partial charge in [-0.05, 0) is 0 Å². The van der Waals surface area contributed by atoms with Gasteiger partial charge in [0.25, 0.3) is 0 Å². The molecule has 0 heterocycles. The van der Waals surface area contributed by atoms with Gasteiger partial charge in [0.05, 0.1) is 0 Å². The molecule has 0 aliphatic carbocycles. The summed E-state index contributed by atoms with van der Waals surface area (Å²) in [4.78, 5) is 85.2. The van der Waals surface area contributed by atoms with Gasteiger partial charge in [0.1, 0.15) is 0 Å². The van der Waals surface area contributed by atoms with E-state index in [1.165, 1.54) is 0 Å². The molecular formula is AlNbO15Si5Sr. The average molecular weight is 588 g/mol. The molecule has 0 amide bonds. The van der Waals surface area contributed by atoms with Crippen molar-refractivity contribution < 1.29 is 92.6 Å². The quantitative estimate of drug-likeness (QED) is 0.237. The van der Waals surface area contributed by atoms with Gasteiger partial charge in [0.15, 0.2) is 0 Å². The Bertz CT molecular complexity index is 219. The van der Waals surface area contributed by atoms with Crippen molar-refractivity contribution in [2.45, 2.75) is 0 Å². The Morgan fingerprint density at radius 2 is 0.391 bits per heavy atom. The van der Waals surface area contributed by atoms with Crippen LogP contribution in [-0.2, 0) is 44.7 Å². The molecule has 23 heteroatoms. The molecule has 0 aliphatic rings. The molecule has 0 rings (SSSR count). The predicted molar refractivity (Wildman–Crippen MR) is 43.7 cm³/mol. The molecule has 0 aromatic rings. The van der Waals surface area contributed by atoms with Crippen LogP contribution in [-0.4, -0.2) is 109 Å². The van der Waals surface area contributed by atoms with Crippen LogP contribution in [0.15, 0.2) is 0 Å². The Labute approximate surface area is 198 Å². The van der Waals surface area contributed by atoms with Crippen LogP contribution in [0.5, 0.6) is 0 Å². The van der Waals surface area contributed by atoms with Crippen molar-refractivity contribution in [1.29, 1.82) is 0 Å². The maximum absolute atomic E-state index is 8.52. The van der Waals surface area contributed by atoms with Crippen LogP contribution in [0, 0.1) is 0 Å². The van der Waals surface area contributed by atoms with Gasteiger partial charge in [-0.25, -0.2) is 0 Å². The third-order valence-corrected chi connectivity index (χ3v) is 0. The maximum atomic E-state index is 8.52. The van der Waals surface area contributed by atoms with Crippen molar-refractivity contribution in [3.63, 3.8) is 0 Å². The van der Waals surface area contributed by atoms with E-state index in [0.717, 1.165) is 0 Å². The van der Waals surface area contributed by atoms with Crippen molar-refractivity contribution in [2.75, 3.05) is 0 Å². The molecule has 0 spiro atoms. The SMILES string of the molecule is O=[Si]([O-])[O-].O=[Si]([O-])[O-].O=[Si]([O-])[O-].O=[Si]([O-])[O-].O=[Si]([O-])[O-].[Al+3].[Nb+5].[Sr+2]. The Morgan fingerprint density at radius 1 is 0.391 bits per heavy atom. The van der Waals surface area contributed by atoms with Gasteiger partial charge in [-0.15, -0.1) is 0 Å². The minimum absolute atomic E-state index is 0. The molecule has 120 valence electrons. The van der Waals surface area contributed by atoms with E-state index in [-0.39, 0.29) is 85.2 Å². The van der Waals surface area contributed by atoms with Crippen LogP contribution < -0.4 is 48.0 Å². The van der Waals surface area contributed by atoms with Crippen molar-refractivity contribution in [2.24, 2.45) is 0 Å². The van der Waals surface area contributed by atoms with Crippen molar-refractivity contribution in [3.05, 3.63) is 0 Å². The zero-order chi connectivity index (χ0) is 17.9. The van der Waals surface area contributed by atoms with Gasteiger partial charge < -0.3 is 70.3 Å². The molecule has 0 bridgehead atoms. The topological polar surface area (TPSA) is 316 Å². The Kier molecular flexibility index (Phi) is 93.6. The summed E-state index contributed by atoms with van der Waals surface area (Å²) in [6.07, 6.45) is 0. The maximum Gasteiger partial charge on any atom is 5.00 e. The molecule has 0 saturated heterocycles. The zero-order valence-electron chi connectivity index (χ0n) is 10.4. The predicted octanol–water partition coefficient (Wildman–Crippen LogP) is -15.2. The van der Waals surface area contributed by atoms with Crippen LogP contribution in [0.3, 0.4) is 0 Å². The fourth-order valence-electron chi connectivity index (χ4n) is 0. The fraction of sp³-hybridized carbons (Fsp3) is 0. The van der Waals surface area contributed by atoms with Crippen LogP contribution >= 0.6 is 0 Å². The molecule has 0 N–H and O–H groups in total. The largest absolute Gasteiger partial charge is 5.00 e. The van der Waals surface area contributed by atoms with Crippen molar-refractivity contribution in [3.8, 4) is 0 Å². The molecule has 0 aromatic carbocycles. The summed E-state index contributed by atoms with van der Waals surface area (Å²) >= 11 is 0. The van der Waals surface area contributed by atoms with E-state index in [4.69, 9.17) is 70.3 Å². The molecule has 0 fully saturated rings. The van der Waals surface area contributed by atoms with Gasteiger partial charge in [0, 0.05) is 45.9 Å². The molecule has 0 aliphatic heterocycles. The Morgan fingerprint density at radius 3 is 0.391 bits per heavy atom. The molecule has 0 radical (unpaired) electrons. The van der Waals surface area contributed by atoms with Gasteiger partial charge in [0.2, 0.25) is 0 Å². The van der Waals surface area contributed by atoms with Crippen LogP contribution in [0.4, 0.5) is 0 Å². The molecule has 0 atom stereocenters. The van der Waals surface area contributed by atoms with Crippen molar-refractivity contribution >= 4 is 109 Å². The standard InChI is InChI=1S/Al.Nb.5O3Si.Sr/c;;5*1-4(2)3;/q+3;+5;5*-2;+2. The average Bonchev–Trinajstić information content (AvgIpc) is 1.94. The van der Waals surface area contributed by atoms with E-state index in [9.17, 15) is 0 Å². The molecule has 0 unspecified atom stereocenters. The summed E-state index contributed by atoms with van der Waals surface area (Å²) in [5, 5.41) is 0. The van der Waals surface area contributed by atoms with E-state index in [0.29, 0.717) is 0 Å². The summed E-state index contributed by atoms with van der Waals surface area (Å²) in [6.45, 7) is 0. The second kappa shape index (κ2) is 43.4. The second-order valence-corrected chi connectivity index (χ2v) is 3.75. The number of hydrogen-bond acceptors (Lipinski definition) is 15. The van der Waals surface area contributed by atoms with E-state index in [1.54, 1.807) is 0 Å². The first kappa shape index (κ1) is 49.6. The number of hydrogen-bond donors (Lipinski definition) is 0. The van der Waals surface area contributed by atoms with Gasteiger partial charge >= 0.3 is 85.2 Å². The minimum Gasteiger partial charge on any atom is -0.672 e. The minimum atomic E-state index is -3.63. The smallest absolute Gasteiger partial charge is 0.672 e. The Balaban J connectivity index is -0.0000000197. The third kappa shape index (κ3) is 14100.